The van der Waals surface area contributed by atoms with Gasteiger partial charge in [-0.3, -0.25) is 4.79 Å². The summed E-state index contributed by atoms with van der Waals surface area (Å²) >= 11 is 0. The molecule has 0 bridgehead atoms. The monoisotopic (exact) mass is 252 g/mol. The highest BCUT2D eigenvalue weighted by Gasteiger charge is 2.41. The van der Waals surface area contributed by atoms with Crippen LogP contribution in [0.1, 0.15) is 52.4 Å². The van der Waals surface area contributed by atoms with E-state index in [1.165, 1.54) is 12.8 Å². The van der Waals surface area contributed by atoms with E-state index < -0.39 is 0 Å². The highest BCUT2D eigenvalue weighted by Crippen LogP contribution is 2.35. The summed E-state index contributed by atoms with van der Waals surface area (Å²) in [6, 6.07) is 0. The Labute approximate surface area is 111 Å². The second-order valence-electron chi connectivity index (χ2n) is 6.29. The van der Waals surface area contributed by atoms with Gasteiger partial charge >= 0.3 is 0 Å². The zero-order valence-corrected chi connectivity index (χ0v) is 12.0. The Morgan fingerprint density at radius 1 is 1.39 bits per heavy atom. The maximum absolute atomic E-state index is 12.9. The Kier molecular flexibility index (Phi) is 4.66. The molecule has 2 heterocycles. The highest BCUT2D eigenvalue weighted by atomic mass is 16.2. The number of rotatable bonds is 3. The first-order valence-electron chi connectivity index (χ1n) is 7.68. The van der Waals surface area contributed by atoms with E-state index >= 15 is 0 Å². The molecular weight excluding hydrogens is 224 g/mol. The van der Waals surface area contributed by atoms with Crippen LogP contribution in [0.3, 0.4) is 0 Å². The van der Waals surface area contributed by atoms with Crippen molar-refractivity contribution in [2.45, 2.75) is 52.4 Å². The molecule has 1 N–H and O–H groups in total. The Bertz CT molecular complexity index is 271. The number of piperidine rings is 2. The van der Waals surface area contributed by atoms with Gasteiger partial charge in [-0.1, -0.05) is 20.3 Å². The van der Waals surface area contributed by atoms with Crippen LogP contribution >= 0.6 is 0 Å². The van der Waals surface area contributed by atoms with Gasteiger partial charge in [0.15, 0.2) is 0 Å². The summed E-state index contributed by atoms with van der Waals surface area (Å²) in [7, 11) is 0. The SMILES string of the molecule is CCCC1(C(=O)N2CCC(C)CC2)CCCNC1. The Balaban J connectivity index is 2.03. The van der Waals surface area contributed by atoms with E-state index in [-0.39, 0.29) is 5.41 Å². The van der Waals surface area contributed by atoms with Gasteiger partial charge in [0.25, 0.3) is 0 Å². The fraction of sp³-hybridized carbons (Fsp3) is 0.933. The van der Waals surface area contributed by atoms with Crippen molar-refractivity contribution in [1.82, 2.24) is 10.2 Å². The molecule has 18 heavy (non-hydrogen) atoms. The lowest BCUT2D eigenvalue weighted by molar-refractivity contribution is -0.145. The molecule has 104 valence electrons. The molecule has 0 aromatic rings. The fourth-order valence-corrected chi connectivity index (χ4v) is 3.50. The van der Waals surface area contributed by atoms with Crippen LogP contribution < -0.4 is 5.32 Å². The molecule has 1 amide bonds. The summed E-state index contributed by atoms with van der Waals surface area (Å²) in [4.78, 5) is 15.0. The minimum atomic E-state index is -0.0897. The average Bonchev–Trinajstić information content (AvgIpc) is 2.40. The molecule has 0 radical (unpaired) electrons. The van der Waals surface area contributed by atoms with Crippen LogP contribution in [0.15, 0.2) is 0 Å². The normalized spacial score (nSPS) is 30.4. The van der Waals surface area contributed by atoms with Gasteiger partial charge in [-0.2, -0.15) is 0 Å². The lowest BCUT2D eigenvalue weighted by Gasteiger charge is -2.42. The van der Waals surface area contributed by atoms with E-state index in [1.807, 2.05) is 0 Å². The van der Waals surface area contributed by atoms with Crippen LogP contribution in [0.5, 0.6) is 0 Å². The molecule has 1 atom stereocenters. The standard InChI is InChI=1S/C15H28N2O/c1-3-7-15(8-4-9-16-12-15)14(18)17-10-5-13(2)6-11-17/h13,16H,3-12H2,1-2H3. The van der Waals surface area contributed by atoms with Crippen molar-refractivity contribution in [1.29, 1.82) is 0 Å². The molecule has 0 saturated carbocycles. The number of carbonyl (C=O) groups excluding carboxylic acids is 1. The minimum absolute atomic E-state index is 0.0897. The molecule has 0 aromatic heterocycles. The maximum atomic E-state index is 12.9. The third-order valence-corrected chi connectivity index (χ3v) is 4.73. The molecule has 1 unspecified atom stereocenters. The molecule has 2 saturated heterocycles. The molecule has 3 heteroatoms. The zero-order chi connectivity index (χ0) is 13.0. The summed E-state index contributed by atoms with van der Waals surface area (Å²) in [5, 5.41) is 3.44. The summed E-state index contributed by atoms with van der Waals surface area (Å²) in [6.45, 7) is 8.42. The fourth-order valence-electron chi connectivity index (χ4n) is 3.50. The van der Waals surface area contributed by atoms with Gasteiger partial charge in [-0.15, -0.1) is 0 Å². The average molecular weight is 252 g/mol. The number of likely N-dealkylation sites (tertiary alicyclic amines) is 1. The van der Waals surface area contributed by atoms with Gasteiger partial charge in [-0.25, -0.2) is 0 Å². The first kappa shape index (κ1) is 13.9. The molecular formula is C15H28N2O. The molecule has 3 nitrogen and oxygen atoms in total. The molecule has 2 fully saturated rings. The lowest BCUT2D eigenvalue weighted by atomic mass is 9.75. The van der Waals surface area contributed by atoms with Gasteiger partial charge in [0.1, 0.15) is 0 Å². The number of carbonyl (C=O) groups is 1. The van der Waals surface area contributed by atoms with Gasteiger partial charge in [-0.05, 0) is 44.6 Å². The first-order chi connectivity index (χ1) is 8.68. The predicted octanol–water partition coefficient (Wildman–Crippen LogP) is 2.41. The van der Waals surface area contributed by atoms with Crippen LogP contribution in [-0.4, -0.2) is 37.0 Å². The summed E-state index contributed by atoms with van der Waals surface area (Å²) in [5.41, 5.74) is -0.0897. The van der Waals surface area contributed by atoms with Crippen LogP contribution in [0.4, 0.5) is 0 Å². The topological polar surface area (TPSA) is 32.3 Å². The highest BCUT2D eigenvalue weighted by molar-refractivity contribution is 5.83. The Hall–Kier alpha value is -0.570. The van der Waals surface area contributed by atoms with Crippen molar-refractivity contribution in [2.75, 3.05) is 26.2 Å². The largest absolute Gasteiger partial charge is 0.342 e. The lowest BCUT2D eigenvalue weighted by Crippen LogP contribution is -2.53. The van der Waals surface area contributed by atoms with Gasteiger partial charge in [0.05, 0.1) is 5.41 Å². The number of nitrogens with zero attached hydrogens (tertiary/aromatic N) is 1. The molecule has 0 spiro atoms. The van der Waals surface area contributed by atoms with Crippen LogP contribution in [-0.2, 0) is 4.79 Å². The smallest absolute Gasteiger partial charge is 0.230 e. The van der Waals surface area contributed by atoms with Crippen molar-refractivity contribution < 1.29 is 4.79 Å². The van der Waals surface area contributed by atoms with Crippen molar-refractivity contribution in [3.05, 3.63) is 0 Å². The first-order valence-corrected chi connectivity index (χ1v) is 7.68. The van der Waals surface area contributed by atoms with E-state index in [9.17, 15) is 4.79 Å². The summed E-state index contributed by atoms with van der Waals surface area (Å²) in [5.74, 6) is 1.23. The number of amides is 1. The van der Waals surface area contributed by atoms with Crippen molar-refractivity contribution in [3.63, 3.8) is 0 Å². The van der Waals surface area contributed by atoms with Crippen molar-refractivity contribution >= 4 is 5.91 Å². The Morgan fingerprint density at radius 2 is 2.11 bits per heavy atom. The van der Waals surface area contributed by atoms with E-state index in [0.717, 1.165) is 57.8 Å². The Morgan fingerprint density at radius 3 is 2.67 bits per heavy atom. The molecule has 2 aliphatic rings. The maximum Gasteiger partial charge on any atom is 0.230 e. The van der Waals surface area contributed by atoms with Crippen LogP contribution in [0.2, 0.25) is 0 Å². The molecule has 0 aliphatic carbocycles. The molecule has 0 aromatic carbocycles. The summed E-state index contributed by atoms with van der Waals surface area (Å²) < 4.78 is 0. The number of hydrogen-bond acceptors (Lipinski definition) is 2. The van der Waals surface area contributed by atoms with Crippen molar-refractivity contribution in [3.8, 4) is 0 Å². The van der Waals surface area contributed by atoms with E-state index in [0.29, 0.717) is 5.91 Å². The van der Waals surface area contributed by atoms with E-state index in [1.54, 1.807) is 0 Å². The third kappa shape index (κ3) is 2.87. The zero-order valence-electron chi connectivity index (χ0n) is 12.0. The van der Waals surface area contributed by atoms with E-state index in [4.69, 9.17) is 0 Å². The van der Waals surface area contributed by atoms with Crippen molar-refractivity contribution in [2.24, 2.45) is 11.3 Å². The molecule has 2 aliphatic heterocycles. The third-order valence-electron chi connectivity index (χ3n) is 4.73. The number of nitrogens with one attached hydrogen (secondary N) is 1. The molecule has 2 rings (SSSR count). The second-order valence-corrected chi connectivity index (χ2v) is 6.29. The van der Waals surface area contributed by atoms with Gasteiger partial charge in [0, 0.05) is 19.6 Å². The van der Waals surface area contributed by atoms with Gasteiger partial charge in [0.2, 0.25) is 5.91 Å². The summed E-state index contributed by atoms with van der Waals surface area (Å²) in [6.07, 6.45) is 6.75. The second kappa shape index (κ2) is 6.05. The van der Waals surface area contributed by atoms with Gasteiger partial charge < -0.3 is 10.2 Å². The van der Waals surface area contributed by atoms with Crippen LogP contribution in [0, 0.1) is 11.3 Å². The predicted molar refractivity (Wildman–Crippen MR) is 74.4 cm³/mol. The van der Waals surface area contributed by atoms with E-state index in [2.05, 4.69) is 24.1 Å². The minimum Gasteiger partial charge on any atom is -0.342 e. The number of hydrogen-bond donors (Lipinski definition) is 1. The quantitative estimate of drug-likeness (QED) is 0.836. The van der Waals surface area contributed by atoms with Crippen LogP contribution in [0.25, 0.3) is 0 Å².